The van der Waals surface area contributed by atoms with Crippen LogP contribution in [-0.4, -0.2) is 50.6 Å². The van der Waals surface area contributed by atoms with Crippen LogP contribution in [0.5, 0.6) is 0 Å². The van der Waals surface area contributed by atoms with Gasteiger partial charge in [-0.15, -0.1) is 0 Å². The predicted molar refractivity (Wildman–Crippen MR) is 53.5 cm³/mol. The first-order chi connectivity index (χ1) is 7.59. The smallest absolute Gasteiger partial charge is 0.310 e. The summed E-state index contributed by atoms with van der Waals surface area (Å²) in [6.07, 6.45) is 0.567. The number of aliphatic hydroxyl groups is 1. The molecule has 1 fully saturated rings. The molecule has 0 bridgehead atoms. The highest BCUT2D eigenvalue weighted by Crippen LogP contribution is 2.27. The van der Waals surface area contributed by atoms with E-state index < -0.39 is 11.8 Å². The summed E-state index contributed by atoms with van der Waals surface area (Å²) in [6.45, 7) is 0.515. The minimum Gasteiger partial charge on any atom is -0.469 e. The van der Waals surface area contributed by atoms with E-state index in [1.54, 1.807) is 0 Å². The maximum Gasteiger partial charge on any atom is 0.310 e. The number of hydrogen-bond donors (Lipinski definition) is 1. The molecule has 94 valence electrons. The van der Waals surface area contributed by atoms with Crippen molar-refractivity contribution in [3.05, 3.63) is 0 Å². The summed E-state index contributed by atoms with van der Waals surface area (Å²) in [4.78, 5) is 11.1. The maximum absolute atomic E-state index is 11.1. The molecule has 6 nitrogen and oxygen atoms in total. The van der Waals surface area contributed by atoms with Crippen molar-refractivity contribution in [3.8, 4) is 0 Å². The van der Waals surface area contributed by atoms with Crippen molar-refractivity contribution in [1.82, 2.24) is 0 Å². The third-order valence-electron chi connectivity index (χ3n) is 2.43. The summed E-state index contributed by atoms with van der Waals surface area (Å²) in [6, 6.07) is 0. The molecule has 2 atom stereocenters. The predicted octanol–water partition coefficient (Wildman–Crippen LogP) is 0.0376. The van der Waals surface area contributed by atoms with E-state index in [9.17, 15) is 9.90 Å². The minimum atomic E-state index is -1.48. The first-order valence-electron chi connectivity index (χ1n) is 5.13. The molecule has 1 rings (SSSR count). The lowest BCUT2D eigenvalue weighted by molar-refractivity contribution is -0.258. The van der Waals surface area contributed by atoms with Crippen molar-refractivity contribution < 1.29 is 28.8 Å². The van der Waals surface area contributed by atoms with E-state index in [1.165, 1.54) is 14.2 Å². The lowest BCUT2D eigenvalue weighted by Gasteiger charge is -2.35. The Morgan fingerprint density at radius 1 is 1.56 bits per heavy atom. The molecular formula is C10H18O6. The average Bonchev–Trinajstić information content (AvgIpc) is 2.25. The topological polar surface area (TPSA) is 74.2 Å². The van der Waals surface area contributed by atoms with E-state index in [4.69, 9.17) is 14.2 Å². The molecule has 0 saturated carbocycles. The Morgan fingerprint density at radius 2 is 2.31 bits per heavy atom. The highest BCUT2D eigenvalue weighted by Gasteiger charge is 2.38. The van der Waals surface area contributed by atoms with E-state index in [1.807, 2.05) is 0 Å². The first kappa shape index (κ1) is 13.4. The van der Waals surface area contributed by atoms with Crippen molar-refractivity contribution >= 4 is 5.97 Å². The van der Waals surface area contributed by atoms with Crippen LogP contribution in [0.15, 0.2) is 0 Å². The SMILES string of the molecule is COCO[C@@H]1CCO[C@](O)(CC(=O)OC)C1. The van der Waals surface area contributed by atoms with Crippen LogP contribution in [0, 0.1) is 0 Å². The normalized spacial score (nSPS) is 30.1. The van der Waals surface area contributed by atoms with Gasteiger partial charge in [0.1, 0.15) is 6.79 Å². The molecule has 0 aromatic carbocycles. The Labute approximate surface area is 94.4 Å². The molecule has 1 aliphatic rings. The number of carbonyl (C=O) groups excluding carboxylic acids is 1. The van der Waals surface area contributed by atoms with Gasteiger partial charge in [-0.1, -0.05) is 0 Å². The van der Waals surface area contributed by atoms with Gasteiger partial charge in [0.2, 0.25) is 0 Å². The number of methoxy groups -OCH3 is 2. The summed E-state index contributed by atoms with van der Waals surface area (Å²) >= 11 is 0. The van der Waals surface area contributed by atoms with Gasteiger partial charge < -0.3 is 24.1 Å². The molecule has 1 N–H and O–H groups in total. The van der Waals surface area contributed by atoms with Crippen LogP contribution in [-0.2, 0) is 23.7 Å². The molecule has 0 unspecified atom stereocenters. The zero-order valence-corrected chi connectivity index (χ0v) is 9.60. The van der Waals surface area contributed by atoms with Gasteiger partial charge in [0.05, 0.1) is 26.2 Å². The third-order valence-corrected chi connectivity index (χ3v) is 2.43. The van der Waals surface area contributed by atoms with Gasteiger partial charge in [-0.25, -0.2) is 0 Å². The van der Waals surface area contributed by atoms with Gasteiger partial charge in [0.15, 0.2) is 5.79 Å². The van der Waals surface area contributed by atoms with Crippen LogP contribution < -0.4 is 0 Å². The minimum absolute atomic E-state index is 0.164. The van der Waals surface area contributed by atoms with Crippen LogP contribution in [0.3, 0.4) is 0 Å². The number of rotatable bonds is 5. The highest BCUT2D eigenvalue weighted by molar-refractivity contribution is 5.70. The Bertz CT molecular complexity index is 231. The Morgan fingerprint density at radius 3 is 2.94 bits per heavy atom. The van der Waals surface area contributed by atoms with Crippen LogP contribution in [0.4, 0.5) is 0 Å². The molecule has 0 aromatic rings. The first-order valence-corrected chi connectivity index (χ1v) is 5.13. The monoisotopic (exact) mass is 234 g/mol. The second-order valence-corrected chi connectivity index (χ2v) is 3.74. The van der Waals surface area contributed by atoms with Crippen LogP contribution >= 0.6 is 0 Å². The Balaban J connectivity index is 2.44. The fraction of sp³-hybridized carbons (Fsp3) is 0.900. The molecule has 0 radical (unpaired) electrons. The highest BCUT2D eigenvalue weighted by atomic mass is 16.7. The summed E-state index contributed by atoms with van der Waals surface area (Å²) in [7, 11) is 2.80. The fourth-order valence-electron chi connectivity index (χ4n) is 1.62. The molecule has 1 heterocycles. The second kappa shape index (κ2) is 6.15. The Hall–Kier alpha value is -0.690. The third kappa shape index (κ3) is 4.05. The number of carbonyl (C=O) groups is 1. The van der Waals surface area contributed by atoms with E-state index in [0.29, 0.717) is 13.0 Å². The maximum atomic E-state index is 11.1. The Kier molecular flexibility index (Phi) is 5.14. The van der Waals surface area contributed by atoms with Gasteiger partial charge in [0.25, 0.3) is 0 Å². The summed E-state index contributed by atoms with van der Waals surface area (Å²) in [5.74, 6) is -1.99. The number of esters is 1. The van der Waals surface area contributed by atoms with Gasteiger partial charge in [-0.05, 0) is 6.42 Å². The molecule has 0 aliphatic carbocycles. The molecule has 1 saturated heterocycles. The van der Waals surface area contributed by atoms with Gasteiger partial charge in [0, 0.05) is 13.5 Å². The van der Waals surface area contributed by atoms with Gasteiger partial charge in [-0.2, -0.15) is 0 Å². The van der Waals surface area contributed by atoms with Crippen LogP contribution in [0.25, 0.3) is 0 Å². The molecule has 0 spiro atoms. The quantitative estimate of drug-likeness (QED) is 0.534. The molecular weight excluding hydrogens is 216 g/mol. The largest absolute Gasteiger partial charge is 0.469 e. The van der Waals surface area contributed by atoms with E-state index in [0.717, 1.165) is 0 Å². The zero-order chi connectivity index (χ0) is 12.0. The van der Waals surface area contributed by atoms with Gasteiger partial charge in [-0.3, -0.25) is 4.79 Å². The van der Waals surface area contributed by atoms with Crippen LogP contribution in [0.2, 0.25) is 0 Å². The number of hydrogen-bond acceptors (Lipinski definition) is 6. The fourth-order valence-corrected chi connectivity index (χ4v) is 1.62. The number of ether oxygens (including phenoxy) is 4. The van der Waals surface area contributed by atoms with E-state index in [-0.39, 0.29) is 25.7 Å². The van der Waals surface area contributed by atoms with Crippen molar-refractivity contribution in [2.24, 2.45) is 0 Å². The molecule has 6 heteroatoms. The molecule has 0 amide bonds. The van der Waals surface area contributed by atoms with E-state index >= 15 is 0 Å². The lowest BCUT2D eigenvalue weighted by atomic mass is 10.00. The van der Waals surface area contributed by atoms with Crippen LogP contribution in [0.1, 0.15) is 19.3 Å². The van der Waals surface area contributed by atoms with Crippen molar-refractivity contribution in [2.75, 3.05) is 27.6 Å². The summed E-state index contributed by atoms with van der Waals surface area (Å²) in [5.41, 5.74) is 0. The zero-order valence-electron chi connectivity index (χ0n) is 9.60. The molecule has 0 aromatic heterocycles. The summed E-state index contributed by atoms with van der Waals surface area (Å²) < 4.78 is 19.8. The van der Waals surface area contributed by atoms with E-state index in [2.05, 4.69) is 4.74 Å². The van der Waals surface area contributed by atoms with Crippen molar-refractivity contribution in [1.29, 1.82) is 0 Å². The lowest BCUT2D eigenvalue weighted by Crippen LogP contribution is -2.44. The summed E-state index contributed by atoms with van der Waals surface area (Å²) in [5, 5.41) is 10.00. The second-order valence-electron chi connectivity index (χ2n) is 3.74. The molecule has 16 heavy (non-hydrogen) atoms. The van der Waals surface area contributed by atoms with Crippen molar-refractivity contribution in [3.63, 3.8) is 0 Å². The standard InChI is InChI=1S/C10H18O6/c1-13-7-15-8-3-4-16-10(12,5-8)6-9(11)14-2/h8,12H,3-7H2,1-2H3/t8-,10+/m1/s1. The average molecular weight is 234 g/mol. The van der Waals surface area contributed by atoms with Gasteiger partial charge >= 0.3 is 5.97 Å². The molecule has 1 aliphatic heterocycles. The van der Waals surface area contributed by atoms with Crippen molar-refractivity contribution in [2.45, 2.75) is 31.2 Å².